The zero-order valence-corrected chi connectivity index (χ0v) is 15.1. The largest absolute Gasteiger partial charge is 0.394 e. The molecule has 3 nitrogen and oxygen atoms in total. The van der Waals surface area contributed by atoms with Crippen LogP contribution in [0.4, 0.5) is 0 Å². The van der Waals surface area contributed by atoms with Crippen LogP contribution in [0.2, 0.25) is 0 Å². The van der Waals surface area contributed by atoms with Crippen molar-refractivity contribution < 1.29 is 9.84 Å². The van der Waals surface area contributed by atoms with E-state index in [-0.39, 0.29) is 12.1 Å². The van der Waals surface area contributed by atoms with Gasteiger partial charge < -0.3 is 15.2 Å². The lowest BCUT2D eigenvalue weighted by Gasteiger charge is -2.31. The van der Waals surface area contributed by atoms with Crippen molar-refractivity contribution in [1.29, 1.82) is 0 Å². The van der Waals surface area contributed by atoms with E-state index in [1.165, 1.54) is 32.1 Å². The molecule has 2 unspecified atom stereocenters. The van der Waals surface area contributed by atoms with E-state index in [9.17, 15) is 5.11 Å². The molecule has 0 bridgehead atoms. The number of rotatable bonds is 14. The van der Waals surface area contributed by atoms with Crippen LogP contribution in [0.5, 0.6) is 0 Å². The van der Waals surface area contributed by atoms with Gasteiger partial charge in [-0.1, -0.05) is 46.5 Å². The lowest BCUT2D eigenvalue weighted by Crippen LogP contribution is -2.49. The summed E-state index contributed by atoms with van der Waals surface area (Å²) >= 11 is 0. The van der Waals surface area contributed by atoms with Gasteiger partial charge in [-0.25, -0.2) is 0 Å². The van der Waals surface area contributed by atoms with Gasteiger partial charge >= 0.3 is 0 Å². The molecule has 21 heavy (non-hydrogen) atoms. The number of ether oxygens (including phenoxy) is 1. The first-order valence-electron chi connectivity index (χ1n) is 8.93. The number of nitrogens with one attached hydrogen (secondary N) is 1. The monoisotopic (exact) mass is 301 g/mol. The van der Waals surface area contributed by atoms with Gasteiger partial charge in [-0.15, -0.1) is 0 Å². The highest BCUT2D eigenvalue weighted by Gasteiger charge is 2.22. The Balaban J connectivity index is 3.61. The summed E-state index contributed by atoms with van der Waals surface area (Å²) in [4.78, 5) is 0. The normalized spacial score (nSPS) is 16.1. The van der Waals surface area contributed by atoms with Crippen molar-refractivity contribution in [2.45, 2.75) is 104 Å². The van der Waals surface area contributed by atoms with Crippen LogP contribution in [0, 0.1) is 0 Å². The van der Waals surface area contributed by atoms with Crippen LogP contribution in [-0.2, 0) is 4.74 Å². The second-order valence-corrected chi connectivity index (χ2v) is 7.01. The van der Waals surface area contributed by atoms with Gasteiger partial charge in [-0.05, 0) is 39.5 Å². The molecule has 2 atom stereocenters. The van der Waals surface area contributed by atoms with Gasteiger partial charge in [-0.2, -0.15) is 0 Å². The molecule has 0 aromatic heterocycles. The lowest BCUT2D eigenvalue weighted by molar-refractivity contribution is 0.0536. The zero-order chi connectivity index (χ0) is 16.1. The van der Waals surface area contributed by atoms with Crippen LogP contribution < -0.4 is 5.32 Å². The Kier molecular flexibility index (Phi) is 12.4. The molecule has 0 aliphatic rings. The van der Waals surface area contributed by atoms with Crippen molar-refractivity contribution in [3.05, 3.63) is 0 Å². The maximum Gasteiger partial charge on any atom is 0.0610 e. The molecular formula is C18H39NO2. The minimum absolute atomic E-state index is 0.153. The fraction of sp³-hybridized carbons (Fsp3) is 1.00. The van der Waals surface area contributed by atoms with Gasteiger partial charge in [0.05, 0.1) is 12.7 Å². The molecule has 2 N–H and O–H groups in total. The molecule has 0 aliphatic carbocycles. The number of aliphatic hydroxyl groups is 1. The second-order valence-electron chi connectivity index (χ2n) is 7.01. The molecule has 0 saturated heterocycles. The summed E-state index contributed by atoms with van der Waals surface area (Å²) in [7, 11) is 0. The van der Waals surface area contributed by atoms with Gasteiger partial charge in [0.15, 0.2) is 0 Å². The minimum atomic E-state index is -0.153. The molecule has 0 amide bonds. The van der Waals surface area contributed by atoms with Gasteiger partial charge in [0.1, 0.15) is 0 Å². The van der Waals surface area contributed by atoms with Crippen molar-refractivity contribution in [2.75, 3.05) is 13.2 Å². The molecule has 0 saturated carbocycles. The van der Waals surface area contributed by atoms with Gasteiger partial charge in [-0.3, -0.25) is 0 Å². The third-order valence-corrected chi connectivity index (χ3v) is 3.98. The average molecular weight is 302 g/mol. The van der Waals surface area contributed by atoms with E-state index >= 15 is 0 Å². The minimum Gasteiger partial charge on any atom is -0.394 e. The molecule has 3 heteroatoms. The Morgan fingerprint density at radius 2 is 1.76 bits per heavy atom. The SMILES string of the molecule is CCCCCCC(C)OCCCCC(C)(CO)NC(C)C. The van der Waals surface area contributed by atoms with Crippen molar-refractivity contribution in [3.8, 4) is 0 Å². The number of unbranched alkanes of at least 4 members (excludes halogenated alkanes) is 4. The van der Waals surface area contributed by atoms with E-state index in [0.717, 1.165) is 25.9 Å². The summed E-state index contributed by atoms with van der Waals surface area (Å²) in [5, 5.41) is 13.0. The van der Waals surface area contributed by atoms with Gasteiger partial charge in [0.25, 0.3) is 0 Å². The highest BCUT2D eigenvalue weighted by atomic mass is 16.5. The molecule has 0 radical (unpaired) electrons. The fourth-order valence-electron chi connectivity index (χ4n) is 2.74. The van der Waals surface area contributed by atoms with E-state index in [1.54, 1.807) is 0 Å². The lowest BCUT2D eigenvalue weighted by atomic mass is 9.95. The zero-order valence-electron chi connectivity index (χ0n) is 15.1. The summed E-state index contributed by atoms with van der Waals surface area (Å²) in [6.45, 7) is 11.8. The van der Waals surface area contributed by atoms with E-state index in [2.05, 4.69) is 39.9 Å². The summed E-state index contributed by atoms with van der Waals surface area (Å²) < 4.78 is 5.87. The number of hydrogen-bond donors (Lipinski definition) is 2. The molecular weight excluding hydrogens is 262 g/mol. The molecule has 0 fully saturated rings. The Morgan fingerprint density at radius 3 is 2.33 bits per heavy atom. The van der Waals surface area contributed by atoms with Gasteiger partial charge in [0.2, 0.25) is 0 Å². The molecule has 0 spiro atoms. The Bertz CT molecular complexity index is 233. The van der Waals surface area contributed by atoms with Crippen molar-refractivity contribution in [2.24, 2.45) is 0 Å². The molecule has 0 aromatic rings. The van der Waals surface area contributed by atoms with Gasteiger partial charge in [0, 0.05) is 18.2 Å². The quantitative estimate of drug-likeness (QED) is 0.470. The summed E-state index contributed by atoms with van der Waals surface area (Å²) in [5.74, 6) is 0. The van der Waals surface area contributed by atoms with Crippen molar-refractivity contribution in [3.63, 3.8) is 0 Å². The highest BCUT2D eigenvalue weighted by molar-refractivity contribution is 4.83. The predicted molar refractivity (Wildman–Crippen MR) is 91.8 cm³/mol. The maximum absolute atomic E-state index is 9.53. The van der Waals surface area contributed by atoms with Crippen molar-refractivity contribution in [1.82, 2.24) is 5.32 Å². The maximum atomic E-state index is 9.53. The summed E-state index contributed by atoms with van der Waals surface area (Å²) in [6, 6.07) is 0.404. The first-order chi connectivity index (χ1) is 9.93. The van der Waals surface area contributed by atoms with Crippen molar-refractivity contribution >= 4 is 0 Å². The van der Waals surface area contributed by atoms with Crippen LogP contribution in [0.3, 0.4) is 0 Å². The molecule has 0 rings (SSSR count). The number of aliphatic hydroxyl groups excluding tert-OH is 1. The molecule has 0 aromatic carbocycles. The second kappa shape index (κ2) is 12.4. The van der Waals surface area contributed by atoms with Crippen LogP contribution in [0.25, 0.3) is 0 Å². The third kappa shape index (κ3) is 12.1. The predicted octanol–water partition coefficient (Wildman–Crippen LogP) is 4.28. The van der Waals surface area contributed by atoms with Crippen LogP contribution in [0.15, 0.2) is 0 Å². The Labute approximate surface area is 132 Å². The summed E-state index contributed by atoms with van der Waals surface area (Å²) in [5.41, 5.74) is -0.153. The van der Waals surface area contributed by atoms with E-state index in [0.29, 0.717) is 12.1 Å². The van der Waals surface area contributed by atoms with E-state index in [1.807, 2.05) is 0 Å². The van der Waals surface area contributed by atoms with E-state index < -0.39 is 0 Å². The summed E-state index contributed by atoms with van der Waals surface area (Å²) in [6.07, 6.45) is 10.0. The molecule has 0 aliphatic heterocycles. The van der Waals surface area contributed by atoms with Crippen LogP contribution >= 0.6 is 0 Å². The fourth-order valence-corrected chi connectivity index (χ4v) is 2.74. The number of hydrogen-bond acceptors (Lipinski definition) is 3. The molecule has 0 heterocycles. The first-order valence-corrected chi connectivity index (χ1v) is 8.93. The Hall–Kier alpha value is -0.120. The van der Waals surface area contributed by atoms with Crippen LogP contribution in [0.1, 0.15) is 86.0 Å². The highest BCUT2D eigenvalue weighted by Crippen LogP contribution is 2.15. The smallest absolute Gasteiger partial charge is 0.0610 e. The van der Waals surface area contributed by atoms with E-state index in [4.69, 9.17) is 4.74 Å². The van der Waals surface area contributed by atoms with Crippen LogP contribution in [-0.4, -0.2) is 36.0 Å². The standard InChI is InChI=1S/C18H39NO2/c1-6-7-8-9-12-17(4)21-14-11-10-13-18(5,15-20)19-16(2)3/h16-17,19-20H,6-15H2,1-5H3. The third-order valence-electron chi connectivity index (χ3n) is 3.98. The average Bonchev–Trinajstić information content (AvgIpc) is 2.42. The topological polar surface area (TPSA) is 41.5 Å². The first kappa shape index (κ1) is 20.9. The Morgan fingerprint density at radius 1 is 1.05 bits per heavy atom. The molecule has 128 valence electrons.